The molecule has 0 amide bonds. The summed E-state index contributed by atoms with van der Waals surface area (Å²) in [5.41, 5.74) is 6.46. The normalized spacial score (nSPS) is 13.7. The van der Waals surface area contributed by atoms with E-state index < -0.39 is 10.0 Å². The van der Waals surface area contributed by atoms with Crippen molar-refractivity contribution in [1.29, 1.82) is 0 Å². The highest BCUT2D eigenvalue weighted by Crippen LogP contribution is 2.39. The third kappa shape index (κ3) is 3.25. The Hall–Kier alpha value is -3.33. The summed E-state index contributed by atoms with van der Waals surface area (Å²) in [5, 5.41) is 4.81. The highest BCUT2D eigenvalue weighted by atomic mass is 32.2. The molecule has 5 rings (SSSR count). The average Bonchev–Trinajstić information content (AvgIpc) is 3.40. The predicted molar refractivity (Wildman–Crippen MR) is 122 cm³/mol. The van der Waals surface area contributed by atoms with Crippen LogP contribution in [0.25, 0.3) is 22.2 Å². The smallest absolute Gasteiger partial charge is 0.281 e. The van der Waals surface area contributed by atoms with Crippen LogP contribution in [-0.2, 0) is 30.5 Å². The number of aromatic nitrogens is 4. The maximum atomic E-state index is 13.0. The molecule has 9 heteroatoms. The summed E-state index contributed by atoms with van der Waals surface area (Å²) in [6.07, 6.45) is 4.65. The lowest BCUT2D eigenvalue weighted by Gasteiger charge is -2.14. The molecule has 0 saturated carbocycles. The van der Waals surface area contributed by atoms with Crippen molar-refractivity contribution in [3.63, 3.8) is 0 Å². The van der Waals surface area contributed by atoms with Crippen molar-refractivity contribution in [3.05, 3.63) is 54.0 Å². The third-order valence-corrected chi connectivity index (χ3v) is 7.04. The molecule has 0 unspecified atom stereocenters. The van der Waals surface area contributed by atoms with E-state index in [9.17, 15) is 8.42 Å². The molecule has 31 heavy (non-hydrogen) atoms. The first kappa shape index (κ1) is 19.6. The Morgan fingerprint density at radius 1 is 1.10 bits per heavy atom. The Morgan fingerprint density at radius 2 is 1.90 bits per heavy atom. The summed E-state index contributed by atoms with van der Waals surface area (Å²) in [6.45, 7) is 2.86. The van der Waals surface area contributed by atoms with Gasteiger partial charge in [0, 0.05) is 57.0 Å². The van der Waals surface area contributed by atoms with Gasteiger partial charge in [-0.1, -0.05) is 12.1 Å². The van der Waals surface area contributed by atoms with Crippen molar-refractivity contribution in [1.82, 2.24) is 19.3 Å². The Labute approximate surface area is 181 Å². The molecule has 0 radical (unpaired) electrons. The number of likely N-dealkylation sites (N-methyl/N-ethyl adjacent to an activating group) is 1. The quantitative estimate of drug-likeness (QED) is 0.531. The molecule has 1 aliphatic rings. The average molecular weight is 437 g/mol. The van der Waals surface area contributed by atoms with Gasteiger partial charge in [0.25, 0.3) is 10.0 Å². The zero-order chi connectivity index (χ0) is 21.9. The van der Waals surface area contributed by atoms with Gasteiger partial charge >= 0.3 is 0 Å². The molecule has 0 bridgehead atoms. The van der Waals surface area contributed by atoms with Crippen LogP contribution in [0.15, 0.2) is 47.8 Å². The number of rotatable bonds is 4. The van der Waals surface area contributed by atoms with Crippen LogP contribution < -0.4 is 9.62 Å². The molecule has 0 atom stereocenters. The van der Waals surface area contributed by atoms with Crippen LogP contribution in [0.5, 0.6) is 0 Å². The van der Waals surface area contributed by atoms with E-state index in [0.717, 1.165) is 40.8 Å². The lowest BCUT2D eigenvalue weighted by Crippen LogP contribution is -2.14. The zero-order valence-corrected chi connectivity index (χ0v) is 18.7. The molecule has 160 valence electrons. The fourth-order valence-corrected chi connectivity index (χ4v) is 5.27. The summed E-state index contributed by atoms with van der Waals surface area (Å²) < 4.78 is 32.2. The van der Waals surface area contributed by atoms with Crippen molar-refractivity contribution in [2.75, 3.05) is 23.2 Å². The van der Waals surface area contributed by atoms with Crippen molar-refractivity contribution in [3.8, 4) is 11.1 Å². The molecule has 0 spiro atoms. The molecule has 3 aromatic heterocycles. The second kappa shape index (κ2) is 6.84. The van der Waals surface area contributed by atoms with E-state index in [0.29, 0.717) is 5.69 Å². The maximum absolute atomic E-state index is 13.0. The van der Waals surface area contributed by atoms with E-state index >= 15 is 0 Å². The zero-order valence-electron chi connectivity index (χ0n) is 17.9. The van der Waals surface area contributed by atoms with Crippen molar-refractivity contribution in [2.45, 2.75) is 18.4 Å². The van der Waals surface area contributed by atoms with Crippen LogP contribution >= 0.6 is 0 Å². The summed E-state index contributed by atoms with van der Waals surface area (Å²) in [4.78, 5) is 6.92. The van der Waals surface area contributed by atoms with Gasteiger partial charge in [-0.2, -0.15) is 13.5 Å². The third-order valence-electron chi connectivity index (χ3n) is 5.79. The number of benzene rings is 1. The number of nitrogens with one attached hydrogen (secondary N) is 1. The van der Waals surface area contributed by atoms with E-state index in [1.54, 1.807) is 19.3 Å². The molecule has 4 heterocycles. The SMILES string of the molecule is Cc1cc(NS(=O)(=O)c2ccn(C)n2)c2c(-c3ccc4c(c3)N(C)CC4)cn(C)c2n1. The number of anilines is 2. The lowest BCUT2D eigenvalue weighted by molar-refractivity contribution is 0.593. The fraction of sp³-hybridized carbons (Fsp3) is 0.273. The van der Waals surface area contributed by atoms with E-state index in [-0.39, 0.29) is 5.03 Å². The number of sulfonamides is 1. The van der Waals surface area contributed by atoms with Crippen molar-refractivity contribution >= 4 is 32.4 Å². The summed E-state index contributed by atoms with van der Waals surface area (Å²) in [7, 11) is 1.87. The Morgan fingerprint density at radius 3 is 2.65 bits per heavy atom. The van der Waals surface area contributed by atoms with Gasteiger partial charge in [-0.15, -0.1) is 0 Å². The van der Waals surface area contributed by atoms with E-state index in [2.05, 4.69) is 45.0 Å². The maximum Gasteiger partial charge on any atom is 0.281 e. The molecular formula is C22H24N6O2S. The van der Waals surface area contributed by atoms with Gasteiger partial charge in [-0.25, -0.2) is 4.98 Å². The Balaban J connectivity index is 1.69. The van der Waals surface area contributed by atoms with Gasteiger partial charge in [0.15, 0.2) is 5.03 Å². The van der Waals surface area contributed by atoms with Crippen LogP contribution in [0.4, 0.5) is 11.4 Å². The number of aryl methyl sites for hydroxylation is 3. The van der Waals surface area contributed by atoms with Gasteiger partial charge in [-0.05, 0) is 42.7 Å². The van der Waals surface area contributed by atoms with Crippen LogP contribution in [-0.4, -0.2) is 41.3 Å². The van der Waals surface area contributed by atoms with Gasteiger partial charge in [0.2, 0.25) is 0 Å². The van der Waals surface area contributed by atoms with Gasteiger partial charge in [-0.3, -0.25) is 9.40 Å². The van der Waals surface area contributed by atoms with Crippen molar-refractivity contribution in [2.24, 2.45) is 14.1 Å². The molecule has 0 aliphatic carbocycles. The second-order valence-electron chi connectivity index (χ2n) is 8.11. The highest BCUT2D eigenvalue weighted by Gasteiger charge is 2.23. The summed E-state index contributed by atoms with van der Waals surface area (Å²) in [5.74, 6) is 0. The van der Waals surface area contributed by atoms with Gasteiger partial charge in [0.1, 0.15) is 5.65 Å². The molecule has 4 aromatic rings. The second-order valence-corrected chi connectivity index (χ2v) is 9.74. The Bertz CT molecular complexity index is 1430. The lowest BCUT2D eigenvalue weighted by atomic mass is 10.0. The summed E-state index contributed by atoms with van der Waals surface area (Å²) >= 11 is 0. The minimum Gasteiger partial charge on any atom is -0.374 e. The van der Waals surface area contributed by atoms with Gasteiger partial charge < -0.3 is 9.47 Å². The predicted octanol–water partition coefficient (Wildman–Crippen LogP) is 3.08. The highest BCUT2D eigenvalue weighted by molar-refractivity contribution is 7.92. The van der Waals surface area contributed by atoms with E-state index in [4.69, 9.17) is 0 Å². The molecule has 1 N–H and O–H groups in total. The molecule has 1 aromatic carbocycles. The number of pyridine rings is 1. The standard InChI is InChI=1S/C22H24N6O2S/c1-14-11-18(25-31(29,30)20-8-10-28(4)24-20)21-17(13-27(3)22(21)23-14)16-6-5-15-7-9-26(2)19(15)12-16/h5-6,8,10-13H,7,9H2,1-4H3,(H,23,25). The molecule has 0 fully saturated rings. The first-order chi connectivity index (χ1) is 14.7. The van der Waals surface area contributed by atoms with Crippen molar-refractivity contribution < 1.29 is 8.42 Å². The number of hydrogen-bond acceptors (Lipinski definition) is 5. The molecule has 8 nitrogen and oxygen atoms in total. The summed E-state index contributed by atoms with van der Waals surface area (Å²) in [6, 6.07) is 9.69. The first-order valence-electron chi connectivity index (χ1n) is 10.1. The number of hydrogen-bond donors (Lipinski definition) is 1. The van der Waals surface area contributed by atoms with Crippen LogP contribution in [0.2, 0.25) is 0 Å². The number of fused-ring (bicyclic) bond motifs is 2. The molecule has 0 saturated heterocycles. The van der Waals surface area contributed by atoms with Crippen LogP contribution in [0.1, 0.15) is 11.3 Å². The monoisotopic (exact) mass is 436 g/mol. The van der Waals surface area contributed by atoms with Crippen LogP contribution in [0.3, 0.4) is 0 Å². The molecular weight excluding hydrogens is 412 g/mol. The first-order valence-corrected chi connectivity index (χ1v) is 11.5. The minimum absolute atomic E-state index is 0.0192. The minimum atomic E-state index is -3.84. The van der Waals surface area contributed by atoms with E-state index in [1.807, 2.05) is 24.7 Å². The Kier molecular flexibility index (Phi) is 4.33. The van der Waals surface area contributed by atoms with Gasteiger partial charge in [0.05, 0.1) is 11.1 Å². The van der Waals surface area contributed by atoms with E-state index in [1.165, 1.54) is 22.0 Å². The topological polar surface area (TPSA) is 85.0 Å². The molecule has 1 aliphatic heterocycles. The fourth-order valence-electron chi connectivity index (χ4n) is 4.24. The number of nitrogens with zero attached hydrogens (tertiary/aromatic N) is 5. The van der Waals surface area contributed by atoms with Crippen LogP contribution in [0, 0.1) is 6.92 Å². The largest absolute Gasteiger partial charge is 0.374 e.